The molecule has 48 valence electrons. The summed E-state index contributed by atoms with van der Waals surface area (Å²) in [6, 6.07) is 0. The Morgan fingerprint density at radius 3 is 2.00 bits per heavy atom. The van der Waals surface area contributed by atoms with E-state index >= 15 is 0 Å². The first kappa shape index (κ1) is 6.51. The SMILES string of the molecule is CN1CC(P(C)C)C1. The van der Waals surface area contributed by atoms with Crippen molar-refractivity contribution in [3.05, 3.63) is 0 Å². The van der Waals surface area contributed by atoms with E-state index in [1.54, 1.807) is 0 Å². The maximum absolute atomic E-state index is 2.38. The van der Waals surface area contributed by atoms with E-state index in [2.05, 4.69) is 25.3 Å². The van der Waals surface area contributed by atoms with Gasteiger partial charge in [-0.3, -0.25) is 0 Å². The molecule has 0 atom stereocenters. The first-order valence-electron chi connectivity index (χ1n) is 3.05. The van der Waals surface area contributed by atoms with Crippen molar-refractivity contribution >= 4 is 7.92 Å². The van der Waals surface area contributed by atoms with Crippen LogP contribution in [-0.2, 0) is 0 Å². The first-order chi connectivity index (χ1) is 3.70. The first-order valence-corrected chi connectivity index (χ1v) is 5.35. The fourth-order valence-corrected chi connectivity index (χ4v) is 2.20. The van der Waals surface area contributed by atoms with Gasteiger partial charge < -0.3 is 4.90 Å². The Kier molecular flexibility index (Phi) is 1.89. The zero-order valence-corrected chi connectivity index (χ0v) is 6.78. The van der Waals surface area contributed by atoms with Gasteiger partial charge in [0.15, 0.2) is 0 Å². The van der Waals surface area contributed by atoms with Crippen LogP contribution in [0.25, 0.3) is 0 Å². The monoisotopic (exact) mass is 131 g/mol. The summed E-state index contributed by atoms with van der Waals surface area (Å²) in [4.78, 5) is 2.38. The van der Waals surface area contributed by atoms with Crippen molar-refractivity contribution in [2.45, 2.75) is 5.66 Å². The van der Waals surface area contributed by atoms with Crippen molar-refractivity contribution in [3.8, 4) is 0 Å². The predicted molar refractivity (Wildman–Crippen MR) is 40.1 cm³/mol. The quantitative estimate of drug-likeness (QED) is 0.481. The second-order valence-corrected chi connectivity index (χ2v) is 5.50. The summed E-state index contributed by atoms with van der Waals surface area (Å²) in [6.45, 7) is 7.43. The number of hydrogen-bond donors (Lipinski definition) is 0. The summed E-state index contributed by atoms with van der Waals surface area (Å²) in [5, 5.41) is 0. The highest BCUT2D eigenvalue weighted by molar-refractivity contribution is 7.56. The van der Waals surface area contributed by atoms with Crippen molar-refractivity contribution in [1.82, 2.24) is 4.90 Å². The van der Waals surface area contributed by atoms with Crippen LogP contribution in [0, 0.1) is 0 Å². The minimum absolute atomic E-state index is 0.357. The number of nitrogens with zero attached hydrogens (tertiary/aromatic N) is 1. The van der Waals surface area contributed by atoms with E-state index in [0.717, 1.165) is 5.66 Å². The van der Waals surface area contributed by atoms with Gasteiger partial charge in [-0.2, -0.15) is 0 Å². The molecule has 0 unspecified atom stereocenters. The minimum atomic E-state index is 0.357. The molecular formula is C6H14NP. The highest BCUT2D eigenvalue weighted by Crippen LogP contribution is 2.37. The van der Waals surface area contributed by atoms with Crippen LogP contribution in [-0.4, -0.2) is 44.0 Å². The third kappa shape index (κ3) is 1.21. The summed E-state index contributed by atoms with van der Waals surface area (Å²) in [7, 11) is 2.55. The molecule has 0 N–H and O–H groups in total. The third-order valence-corrected chi connectivity index (χ3v) is 3.56. The average molecular weight is 131 g/mol. The van der Waals surface area contributed by atoms with Gasteiger partial charge in [0, 0.05) is 18.7 Å². The standard InChI is InChI=1S/C6H14NP/c1-7-4-6(5-7)8(2)3/h6H,4-5H2,1-3H3. The molecule has 0 aromatic rings. The van der Waals surface area contributed by atoms with Gasteiger partial charge in [-0.25, -0.2) is 0 Å². The molecule has 0 saturated carbocycles. The van der Waals surface area contributed by atoms with Crippen LogP contribution >= 0.6 is 7.92 Å². The van der Waals surface area contributed by atoms with Crippen LogP contribution in [0.2, 0.25) is 0 Å². The van der Waals surface area contributed by atoms with Gasteiger partial charge in [0.1, 0.15) is 0 Å². The van der Waals surface area contributed by atoms with Crippen LogP contribution < -0.4 is 0 Å². The van der Waals surface area contributed by atoms with E-state index in [-0.39, 0.29) is 0 Å². The lowest BCUT2D eigenvalue weighted by molar-refractivity contribution is 0.236. The maximum Gasteiger partial charge on any atom is 0.00584 e. The molecule has 8 heavy (non-hydrogen) atoms. The molecule has 1 heterocycles. The van der Waals surface area contributed by atoms with Crippen LogP contribution in [0.1, 0.15) is 0 Å². The number of hydrogen-bond acceptors (Lipinski definition) is 1. The molecule has 0 amide bonds. The normalized spacial score (nSPS) is 24.0. The Labute approximate surface area is 52.8 Å². The third-order valence-electron chi connectivity index (χ3n) is 1.78. The number of rotatable bonds is 1. The average Bonchev–Trinajstić information content (AvgIpc) is 1.57. The molecular weight excluding hydrogens is 117 g/mol. The summed E-state index contributed by atoms with van der Waals surface area (Å²) in [6.07, 6.45) is 0. The molecule has 1 rings (SSSR count). The largest absolute Gasteiger partial charge is 0.305 e. The van der Waals surface area contributed by atoms with E-state index in [1.165, 1.54) is 13.1 Å². The lowest BCUT2D eigenvalue weighted by atomic mass is 10.2. The van der Waals surface area contributed by atoms with Crippen LogP contribution in [0.3, 0.4) is 0 Å². The van der Waals surface area contributed by atoms with Gasteiger partial charge >= 0.3 is 0 Å². The Balaban J connectivity index is 2.15. The predicted octanol–water partition coefficient (Wildman–Crippen LogP) is 1.04. The zero-order chi connectivity index (χ0) is 6.15. The molecule has 2 heteroatoms. The lowest BCUT2D eigenvalue weighted by Crippen LogP contribution is -2.46. The van der Waals surface area contributed by atoms with Crippen molar-refractivity contribution in [2.75, 3.05) is 33.5 Å². The molecule has 0 spiro atoms. The minimum Gasteiger partial charge on any atom is -0.305 e. The van der Waals surface area contributed by atoms with Crippen molar-refractivity contribution in [1.29, 1.82) is 0 Å². The van der Waals surface area contributed by atoms with E-state index in [0.29, 0.717) is 7.92 Å². The fraction of sp³-hybridized carbons (Fsp3) is 1.00. The molecule has 0 aromatic heterocycles. The Hall–Kier alpha value is 0.390. The fourth-order valence-electron chi connectivity index (χ4n) is 0.993. The van der Waals surface area contributed by atoms with E-state index in [9.17, 15) is 0 Å². The molecule has 0 radical (unpaired) electrons. The van der Waals surface area contributed by atoms with Crippen LogP contribution in [0.4, 0.5) is 0 Å². The van der Waals surface area contributed by atoms with Crippen molar-refractivity contribution in [3.63, 3.8) is 0 Å². The highest BCUT2D eigenvalue weighted by Gasteiger charge is 2.24. The summed E-state index contributed by atoms with van der Waals surface area (Å²) >= 11 is 0. The Morgan fingerprint density at radius 1 is 1.38 bits per heavy atom. The van der Waals surface area contributed by atoms with E-state index < -0.39 is 0 Å². The summed E-state index contributed by atoms with van der Waals surface area (Å²) < 4.78 is 0. The van der Waals surface area contributed by atoms with E-state index in [1.807, 2.05) is 0 Å². The molecule has 1 fully saturated rings. The molecule has 0 bridgehead atoms. The van der Waals surface area contributed by atoms with Gasteiger partial charge in [0.05, 0.1) is 0 Å². The summed E-state index contributed by atoms with van der Waals surface area (Å²) in [5.41, 5.74) is 1.05. The molecule has 1 aliphatic heterocycles. The number of likely N-dealkylation sites (tertiary alicyclic amines) is 1. The smallest absolute Gasteiger partial charge is 0.00584 e. The van der Waals surface area contributed by atoms with Crippen LogP contribution in [0.5, 0.6) is 0 Å². The van der Waals surface area contributed by atoms with Crippen LogP contribution in [0.15, 0.2) is 0 Å². The highest BCUT2D eigenvalue weighted by atomic mass is 31.1. The summed E-state index contributed by atoms with van der Waals surface area (Å²) in [5.74, 6) is 0. The second-order valence-electron chi connectivity index (χ2n) is 2.84. The van der Waals surface area contributed by atoms with Gasteiger partial charge in [-0.15, -0.1) is 7.92 Å². The van der Waals surface area contributed by atoms with E-state index in [4.69, 9.17) is 0 Å². The topological polar surface area (TPSA) is 3.24 Å². The van der Waals surface area contributed by atoms with Crippen molar-refractivity contribution in [2.24, 2.45) is 0 Å². The molecule has 1 nitrogen and oxygen atoms in total. The van der Waals surface area contributed by atoms with Gasteiger partial charge in [-0.05, 0) is 20.4 Å². The van der Waals surface area contributed by atoms with Crippen molar-refractivity contribution < 1.29 is 0 Å². The second kappa shape index (κ2) is 2.33. The zero-order valence-electron chi connectivity index (χ0n) is 5.89. The lowest BCUT2D eigenvalue weighted by Gasteiger charge is -2.38. The Morgan fingerprint density at radius 2 is 1.88 bits per heavy atom. The van der Waals surface area contributed by atoms with Gasteiger partial charge in [0.2, 0.25) is 0 Å². The van der Waals surface area contributed by atoms with Gasteiger partial charge in [-0.1, -0.05) is 0 Å². The van der Waals surface area contributed by atoms with Gasteiger partial charge in [0.25, 0.3) is 0 Å². The Bertz CT molecular complexity index is 76.6. The molecule has 0 aliphatic carbocycles. The maximum atomic E-state index is 2.38. The molecule has 1 aliphatic rings. The molecule has 0 aromatic carbocycles. The molecule has 1 saturated heterocycles.